The maximum Gasteiger partial charge on any atom is 0.191 e. The van der Waals surface area contributed by atoms with Crippen LogP contribution in [-0.4, -0.2) is 36.3 Å². The molecule has 2 aromatic heterocycles. The Kier molecular flexibility index (Phi) is 6.05. The van der Waals surface area contributed by atoms with Crippen LogP contribution < -0.4 is 18.9 Å². The summed E-state index contributed by atoms with van der Waals surface area (Å²) in [5.74, 6) is 2.54. The lowest BCUT2D eigenvalue weighted by molar-refractivity contribution is 0.375. The van der Waals surface area contributed by atoms with Crippen LogP contribution in [0, 0.1) is 0 Å². The van der Waals surface area contributed by atoms with Crippen LogP contribution in [0.3, 0.4) is 0 Å². The van der Waals surface area contributed by atoms with Crippen molar-refractivity contribution in [1.29, 1.82) is 0 Å². The first-order valence-corrected chi connectivity index (χ1v) is 10.5. The zero-order valence-corrected chi connectivity index (χ0v) is 18.9. The van der Waals surface area contributed by atoms with Gasteiger partial charge in [-0.05, 0) is 63.8 Å². The summed E-state index contributed by atoms with van der Waals surface area (Å²) in [7, 11) is 4.85. The average molecular weight is 491 g/mol. The van der Waals surface area contributed by atoms with E-state index in [-0.39, 0.29) is 0 Å². The van der Waals surface area contributed by atoms with Gasteiger partial charge < -0.3 is 23.5 Å². The van der Waals surface area contributed by atoms with Crippen LogP contribution in [0.5, 0.6) is 17.2 Å². The minimum absolute atomic E-state index is 0.543. The van der Waals surface area contributed by atoms with E-state index >= 15 is 0 Å². The van der Waals surface area contributed by atoms with E-state index in [1.165, 1.54) is 11.9 Å². The van der Waals surface area contributed by atoms with Crippen molar-refractivity contribution in [3.8, 4) is 17.2 Å². The molecule has 10 heteroatoms. The van der Waals surface area contributed by atoms with Gasteiger partial charge in [0, 0.05) is 12.4 Å². The maximum atomic E-state index is 5.61. The Labute approximate surface area is 185 Å². The third kappa shape index (κ3) is 3.92. The van der Waals surface area contributed by atoms with E-state index in [1.54, 1.807) is 27.5 Å². The Morgan fingerprint density at radius 1 is 1.13 bits per heavy atom. The SMILES string of the molecule is COc1ccc(Br)c(OC)c1SNc1noc2cc(Cn3cccn3)cc(OC)c12. The number of fused-ring (bicyclic) bond motifs is 1. The highest BCUT2D eigenvalue weighted by Crippen LogP contribution is 2.44. The highest BCUT2D eigenvalue weighted by Gasteiger charge is 2.19. The van der Waals surface area contributed by atoms with Gasteiger partial charge in [-0.2, -0.15) is 5.10 Å². The summed E-state index contributed by atoms with van der Waals surface area (Å²) in [5.41, 5.74) is 1.61. The van der Waals surface area contributed by atoms with E-state index in [4.69, 9.17) is 18.7 Å². The topological polar surface area (TPSA) is 83.6 Å². The number of rotatable bonds is 8. The van der Waals surface area contributed by atoms with Crippen LogP contribution in [0.4, 0.5) is 5.82 Å². The first kappa shape index (κ1) is 20.4. The minimum atomic E-state index is 0.543. The molecule has 0 unspecified atom stereocenters. The van der Waals surface area contributed by atoms with Crippen molar-refractivity contribution in [1.82, 2.24) is 14.9 Å². The molecule has 0 amide bonds. The number of nitrogens with one attached hydrogen (secondary N) is 1. The van der Waals surface area contributed by atoms with Crippen LogP contribution in [0.2, 0.25) is 0 Å². The minimum Gasteiger partial charge on any atom is -0.496 e. The van der Waals surface area contributed by atoms with Crippen molar-refractivity contribution in [2.24, 2.45) is 0 Å². The second-order valence-corrected chi connectivity index (χ2v) is 7.89. The number of hydrogen-bond acceptors (Lipinski definition) is 8. The molecule has 4 aromatic rings. The number of anilines is 1. The van der Waals surface area contributed by atoms with Crippen molar-refractivity contribution in [2.45, 2.75) is 11.4 Å². The first-order valence-electron chi connectivity index (χ1n) is 8.91. The fourth-order valence-corrected chi connectivity index (χ4v) is 4.56. The summed E-state index contributed by atoms with van der Waals surface area (Å²) in [6.07, 6.45) is 3.65. The molecule has 0 fully saturated rings. The quantitative estimate of drug-likeness (QED) is 0.346. The number of benzene rings is 2. The van der Waals surface area contributed by atoms with Crippen LogP contribution in [0.25, 0.3) is 11.0 Å². The zero-order valence-electron chi connectivity index (χ0n) is 16.5. The van der Waals surface area contributed by atoms with E-state index in [2.05, 4.69) is 30.9 Å². The molecule has 0 saturated carbocycles. The molecule has 0 saturated heterocycles. The summed E-state index contributed by atoms with van der Waals surface area (Å²) < 4.78 is 28.1. The molecule has 0 spiro atoms. The van der Waals surface area contributed by atoms with Crippen LogP contribution >= 0.6 is 27.9 Å². The molecule has 30 heavy (non-hydrogen) atoms. The van der Waals surface area contributed by atoms with Gasteiger partial charge in [-0.25, -0.2) is 0 Å². The van der Waals surface area contributed by atoms with Gasteiger partial charge in [0.2, 0.25) is 0 Å². The van der Waals surface area contributed by atoms with Crippen LogP contribution in [0.1, 0.15) is 5.56 Å². The zero-order chi connectivity index (χ0) is 21.1. The summed E-state index contributed by atoms with van der Waals surface area (Å²) >= 11 is 4.82. The molecule has 0 bridgehead atoms. The Balaban J connectivity index is 1.65. The third-order valence-electron chi connectivity index (χ3n) is 4.42. The summed E-state index contributed by atoms with van der Waals surface area (Å²) in [5, 5.41) is 9.18. The van der Waals surface area contributed by atoms with Gasteiger partial charge in [-0.15, -0.1) is 0 Å². The Bertz CT molecular complexity index is 1160. The number of methoxy groups -OCH3 is 3. The second-order valence-electron chi connectivity index (χ2n) is 6.22. The highest BCUT2D eigenvalue weighted by atomic mass is 79.9. The monoisotopic (exact) mass is 490 g/mol. The third-order valence-corrected chi connectivity index (χ3v) is 5.93. The van der Waals surface area contributed by atoms with Gasteiger partial charge in [0.1, 0.15) is 21.8 Å². The largest absolute Gasteiger partial charge is 0.496 e. The van der Waals surface area contributed by atoms with E-state index in [0.717, 1.165) is 20.3 Å². The standard InChI is InChI=1S/C20H19BrN4O4S/c1-26-14-6-5-13(21)18(28-3)19(14)30-24-20-17-15(27-2)9-12(10-16(17)29-23-20)11-25-8-4-7-22-25/h4-10H,11H2,1-3H3,(H,23,24). The molecule has 0 atom stereocenters. The van der Waals surface area contributed by atoms with Crippen LogP contribution in [0.15, 0.2) is 56.6 Å². The first-order chi connectivity index (χ1) is 14.6. The van der Waals surface area contributed by atoms with E-state index in [1.807, 2.05) is 41.2 Å². The number of halogens is 1. The van der Waals surface area contributed by atoms with Gasteiger partial charge >= 0.3 is 0 Å². The predicted octanol–water partition coefficient (Wildman–Crippen LogP) is 4.98. The van der Waals surface area contributed by atoms with Gasteiger partial charge in [0.05, 0.1) is 32.3 Å². The molecule has 0 aliphatic carbocycles. The van der Waals surface area contributed by atoms with Crippen molar-refractivity contribution >= 4 is 44.7 Å². The summed E-state index contributed by atoms with van der Waals surface area (Å²) in [6, 6.07) is 9.50. The predicted molar refractivity (Wildman–Crippen MR) is 119 cm³/mol. The van der Waals surface area contributed by atoms with Crippen molar-refractivity contribution in [2.75, 3.05) is 26.1 Å². The lowest BCUT2D eigenvalue weighted by atomic mass is 10.1. The molecular formula is C20H19BrN4O4S. The molecule has 2 heterocycles. The highest BCUT2D eigenvalue weighted by molar-refractivity contribution is 9.10. The number of nitrogens with zero attached hydrogens (tertiary/aromatic N) is 3. The van der Waals surface area contributed by atoms with Gasteiger partial charge in [0.15, 0.2) is 17.2 Å². The summed E-state index contributed by atoms with van der Waals surface area (Å²) in [6.45, 7) is 0.601. The normalized spacial score (nSPS) is 10.9. The maximum absolute atomic E-state index is 5.61. The fourth-order valence-electron chi connectivity index (χ4n) is 3.06. The second kappa shape index (κ2) is 8.88. The van der Waals surface area contributed by atoms with Gasteiger partial charge in [0.25, 0.3) is 0 Å². The van der Waals surface area contributed by atoms with Crippen molar-refractivity contribution in [3.63, 3.8) is 0 Å². The smallest absolute Gasteiger partial charge is 0.191 e. The Hall–Kier alpha value is -2.85. The van der Waals surface area contributed by atoms with E-state index in [0.29, 0.717) is 35.2 Å². The number of ether oxygens (including phenoxy) is 3. The van der Waals surface area contributed by atoms with Gasteiger partial charge in [-0.3, -0.25) is 4.68 Å². The molecule has 4 rings (SSSR count). The molecule has 0 aliphatic rings. The van der Waals surface area contributed by atoms with E-state index < -0.39 is 0 Å². The number of aromatic nitrogens is 3. The lowest BCUT2D eigenvalue weighted by Crippen LogP contribution is -2.00. The Morgan fingerprint density at radius 3 is 2.67 bits per heavy atom. The molecular weight excluding hydrogens is 472 g/mol. The molecule has 0 aliphatic heterocycles. The van der Waals surface area contributed by atoms with Gasteiger partial charge in [-0.1, -0.05) is 5.16 Å². The van der Waals surface area contributed by atoms with Crippen LogP contribution in [-0.2, 0) is 6.54 Å². The van der Waals surface area contributed by atoms with E-state index in [9.17, 15) is 0 Å². The molecule has 8 nitrogen and oxygen atoms in total. The van der Waals surface area contributed by atoms with Crippen molar-refractivity contribution < 1.29 is 18.7 Å². The lowest BCUT2D eigenvalue weighted by Gasteiger charge is -2.14. The average Bonchev–Trinajstić information content (AvgIpc) is 3.41. The molecule has 2 aromatic carbocycles. The van der Waals surface area contributed by atoms with Crippen molar-refractivity contribution in [3.05, 3.63) is 52.8 Å². The fraction of sp³-hybridized carbons (Fsp3) is 0.200. The Morgan fingerprint density at radius 2 is 1.97 bits per heavy atom. The molecule has 0 radical (unpaired) electrons. The summed E-state index contributed by atoms with van der Waals surface area (Å²) in [4.78, 5) is 0.778. The number of hydrogen-bond donors (Lipinski definition) is 1. The molecule has 156 valence electrons. The molecule has 1 N–H and O–H groups in total.